The van der Waals surface area contributed by atoms with Crippen molar-refractivity contribution in [1.82, 2.24) is 19.9 Å². The molecule has 3 aromatic heterocycles. The van der Waals surface area contributed by atoms with Gasteiger partial charge in [0.1, 0.15) is 11.3 Å². The zero-order valence-electron chi connectivity index (χ0n) is 18.1. The van der Waals surface area contributed by atoms with E-state index in [1.165, 1.54) is 6.92 Å². The number of pyridine rings is 3. The van der Waals surface area contributed by atoms with Gasteiger partial charge in [0, 0.05) is 38.4 Å². The Morgan fingerprint density at radius 1 is 1.24 bits per heavy atom. The topological polar surface area (TPSA) is 108 Å². The van der Waals surface area contributed by atoms with E-state index in [0.29, 0.717) is 6.54 Å². The molecule has 4 heterocycles. The lowest BCUT2D eigenvalue weighted by atomic mass is 10.1. The highest BCUT2D eigenvalue weighted by Crippen LogP contribution is 2.31. The number of nitrogens with one attached hydrogen (secondary N) is 1. The second kappa shape index (κ2) is 8.47. The number of rotatable bonds is 4. The number of amides is 1. The molecule has 1 unspecified atom stereocenters. The van der Waals surface area contributed by atoms with Crippen LogP contribution in [0.4, 0.5) is 18.9 Å². The summed E-state index contributed by atoms with van der Waals surface area (Å²) in [6.07, 6.45) is -1.56. The maximum absolute atomic E-state index is 13.2. The number of primary amides is 1. The summed E-state index contributed by atoms with van der Waals surface area (Å²) in [5.74, 6) is -0.574. The van der Waals surface area contributed by atoms with Crippen molar-refractivity contribution >= 4 is 22.6 Å². The molecular formula is C22H23F3N6O2. The number of nitrogens with two attached hydrogens (primary N) is 1. The highest BCUT2D eigenvalue weighted by molar-refractivity contribution is 5.90. The second-order valence-electron chi connectivity index (χ2n) is 8.22. The quantitative estimate of drug-likeness (QED) is 0.619. The zero-order chi connectivity index (χ0) is 23.9. The summed E-state index contributed by atoms with van der Waals surface area (Å²) in [6.45, 7) is 6.07. The van der Waals surface area contributed by atoms with Crippen LogP contribution in [-0.2, 0) is 12.7 Å². The summed E-state index contributed by atoms with van der Waals surface area (Å²) < 4.78 is 39.6. The van der Waals surface area contributed by atoms with Gasteiger partial charge in [0.05, 0.1) is 22.9 Å². The van der Waals surface area contributed by atoms with E-state index in [4.69, 9.17) is 5.73 Å². The third-order valence-corrected chi connectivity index (χ3v) is 5.95. The summed E-state index contributed by atoms with van der Waals surface area (Å²) in [7, 11) is 0. The Balaban J connectivity index is 1.50. The third-order valence-electron chi connectivity index (χ3n) is 5.95. The molecule has 33 heavy (non-hydrogen) atoms. The number of piperazine rings is 1. The molecule has 3 N–H and O–H groups in total. The maximum Gasteiger partial charge on any atom is 0.422 e. The smallest absolute Gasteiger partial charge is 0.367 e. The molecule has 4 rings (SSSR count). The number of halogens is 3. The van der Waals surface area contributed by atoms with E-state index in [1.807, 2.05) is 6.07 Å². The fourth-order valence-electron chi connectivity index (χ4n) is 4.22. The van der Waals surface area contributed by atoms with Gasteiger partial charge in [0.25, 0.3) is 11.5 Å². The van der Waals surface area contributed by atoms with E-state index in [0.717, 1.165) is 30.9 Å². The summed E-state index contributed by atoms with van der Waals surface area (Å²) in [5.41, 5.74) is 5.02. The van der Waals surface area contributed by atoms with Crippen molar-refractivity contribution in [3.63, 3.8) is 0 Å². The maximum atomic E-state index is 13.2. The number of anilines is 1. The van der Waals surface area contributed by atoms with E-state index in [1.54, 1.807) is 24.5 Å². The van der Waals surface area contributed by atoms with Crippen molar-refractivity contribution in [2.24, 2.45) is 5.73 Å². The van der Waals surface area contributed by atoms with Crippen molar-refractivity contribution < 1.29 is 18.0 Å². The summed E-state index contributed by atoms with van der Waals surface area (Å²) in [4.78, 5) is 38.3. The Hall–Kier alpha value is -3.47. The number of hydrogen-bond donors (Lipinski definition) is 2. The summed E-state index contributed by atoms with van der Waals surface area (Å²) in [5, 5.41) is 0. The van der Waals surface area contributed by atoms with Gasteiger partial charge in [-0.05, 0) is 43.2 Å². The van der Waals surface area contributed by atoms with Gasteiger partial charge in [-0.25, -0.2) is 4.98 Å². The number of aromatic nitrogens is 3. The van der Waals surface area contributed by atoms with Gasteiger partial charge in [-0.15, -0.1) is 0 Å². The summed E-state index contributed by atoms with van der Waals surface area (Å²) >= 11 is 0. The first-order chi connectivity index (χ1) is 15.5. The molecule has 0 bridgehead atoms. The minimum absolute atomic E-state index is 0.135. The number of nitrogens with zero attached hydrogens (tertiary/aromatic N) is 4. The van der Waals surface area contributed by atoms with Crippen LogP contribution in [0.2, 0.25) is 0 Å². The molecule has 3 aromatic rings. The molecule has 0 aliphatic carbocycles. The van der Waals surface area contributed by atoms with Crippen LogP contribution in [0, 0.1) is 6.92 Å². The molecule has 1 fully saturated rings. The number of hydrogen-bond acceptors (Lipinski definition) is 6. The highest BCUT2D eigenvalue weighted by Gasteiger charge is 2.37. The van der Waals surface area contributed by atoms with Crippen LogP contribution in [0.25, 0.3) is 11.0 Å². The second-order valence-corrected chi connectivity index (χ2v) is 8.22. The molecule has 174 valence electrons. The fraction of sp³-hybridized carbons (Fsp3) is 0.364. The van der Waals surface area contributed by atoms with Crippen molar-refractivity contribution in [2.75, 3.05) is 24.5 Å². The molecule has 0 saturated carbocycles. The van der Waals surface area contributed by atoms with E-state index >= 15 is 0 Å². The Labute approximate surface area is 187 Å². The van der Waals surface area contributed by atoms with Crippen LogP contribution in [0.3, 0.4) is 0 Å². The predicted octanol–water partition coefficient (Wildman–Crippen LogP) is 2.45. The normalized spacial score (nSPS) is 17.5. The molecule has 1 aliphatic rings. The average Bonchev–Trinajstić information content (AvgIpc) is 2.74. The minimum atomic E-state index is -4.74. The highest BCUT2D eigenvalue weighted by atomic mass is 19.4. The first kappa shape index (κ1) is 22.7. The number of aryl methyl sites for hydroxylation is 1. The van der Waals surface area contributed by atoms with E-state index in [9.17, 15) is 22.8 Å². The van der Waals surface area contributed by atoms with Gasteiger partial charge >= 0.3 is 6.18 Å². The Morgan fingerprint density at radius 2 is 2.00 bits per heavy atom. The van der Waals surface area contributed by atoms with Crippen LogP contribution < -0.4 is 16.2 Å². The van der Waals surface area contributed by atoms with E-state index < -0.39 is 23.2 Å². The van der Waals surface area contributed by atoms with Crippen LogP contribution in [-0.4, -0.2) is 51.4 Å². The first-order valence-corrected chi connectivity index (χ1v) is 10.4. The van der Waals surface area contributed by atoms with Gasteiger partial charge in [-0.2, -0.15) is 13.2 Å². The lowest BCUT2D eigenvalue weighted by molar-refractivity contribution is -0.139. The molecule has 0 radical (unpaired) electrons. The number of aromatic amines is 1. The van der Waals surface area contributed by atoms with Gasteiger partial charge in [-0.3, -0.25) is 19.5 Å². The Morgan fingerprint density at radius 3 is 2.61 bits per heavy atom. The fourth-order valence-corrected chi connectivity index (χ4v) is 4.22. The molecule has 0 spiro atoms. The van der Waals surface area contributed by atoms with Gasteiger partial charge < -0.3 is 15.6 Å². The largest absolute Gasteiger partial charge is 0.422 e. The lowest BCUT2D eigenvalue weighted by Crippen LogP contribution is -2.51. The number of fused-ring (bicyclic) bond motifs is 1. The summed E-state index contributed by atoms with van der Waals surface area (Å²) in [6, 6.07) is 5.26. The van der Waals surface area contributed by atoms with Gasteiger partial charge in [-0.1, -0.05) is 0 Å². The molecule has 1 amide bonds. The molecule has 11 heteroatoms. The first-order valence-electron chi connectivity index (χ1n) is 10.4. The van der Waals surface area contributed by atoms with Crippen molar-refractivity contribution in [2.45, 2.75) is 32.6 Å². The van der Waals surface area contributed by atoms with Gasteiger partial charge in [0.15, 0.2) is 0 Å². The van der Waals surface area contributed by atoms with E-state index in [-0.39, 0.29) is 28.3 Å². The molecular weight excluding hydrogens is 437 g/mol. The van der Waals surface area contributed by atoms with Crippen molar-refractivity contribution in [3.8, 4) is 0 Å². The van der Waals surface area contributed by atoms with Crippen molar-refractivity contribution in [3.05, 3.63) is 63.3 Å². The number of alkyl halides is 3. The average molecular weight is 460 g/mol. The van der Waals surface area contributed by atoms with Crippen LogP contribution in [0.5, 0.6) is 0 Å². The van der Waals surface area contributed by atoms with E-state index in [2.05, 4.69) is 31.7 Å². The van der Waals surface area contributed by atoms with Crippen LogP contribution >= 0.6 is 0 Å². The van der Waals surface area contributed by atoms with Crippen molar-refractivity contribution in [1.29, 1.82) is 0 Å². The number of carbonyl (C=O) groups is 1. The number of carbonyl (C=O) groups excluding carboxylic acids is 1. The predicted molar refractivity (Wildman–Crippen MR) is 117 cm³/mol. The third kappa shape index (κ3) is 4.54. The van der Waals surface area contributed by atoms with Gasteiger partial charge in [0.2, 0.25) is 0 Å². The lowest BCUT2D eigenvalue weighted by Gasteiger charge is -2.41. The Bertz CT molecular complexity index is 1260. The molecule has 1 aliphatic heterocycles. The zero-order valence-corrected chi connectivity index (χ0v) is 18.1. The van der Waals surface area contributed by atoms with Crippen LogP contribution in [0.1, 0.15) is 34.1 Å². The molecule has 1 saturated heterocycles. The molecule has 8 nitrogen and oxygen atoms in total. The minimum Gasteiger partial charge on any atom is -0.367 e. The SMILES string of the molecule is Cc1c(C(F)(F)F)c(=O)[nH]c2cc(CN3CCN(c4ccc(C(N)=O)nc4)CC3C)cnc12. The molecule has 1 atom stereocenters. The van der Waals surface area contributed by atoms with Crippen LogP contribution in [0.15, 0.2) is 35.4 Å². The monoisotopic (exact) mass is 460 g/mol. The molecule has 0 aromatic carbocycles. The Kier molecular flexibility index (Phi) is 5.83. The number of H-pyrrole nitrogens is 1. The standard InChI is InChI=1S/C22H23F3N6O2/c1-12-10-31(15-3-4-16(20(26)32)27-9-15)6-5-30(12)11-14-7-17-19(28-8-14)13(2)18(21(33)29-17)22(23,24)25/h3-4,7-9,12H,5-6,10-11H2,1-2H3,(H2,26,32)(H,29,33).